The van der Waals surface area contributed by atoms with Gasteiger partial charge in [-0.1, -0.05) is 29.8 Å². The average Bonchev–Trinajstić information content (AvgIpc) is 2.73. The summed E-state index contributed by atoms with van der Waals surface area (Å²) >= 11 is 6.98. The van der Waals surface area contributed by atoms with Crippen LogP contribution in [0.25, 0.3) is 0 Å². The number of benzene rings is 3. The minimum atomic E-state index is -4.56. The van der Waals surface area contributed by atoms with Crippen LogP contribution in [0.15, 0.2) is 71.6 Å². The monoisotopic (exact) mass is 482 g/mol. The Hall–Kier alpha value is -3.04. The minimum absolute atomic E-state index is 0.0193. The van der Waals surface area contributed by atoms with E-state index in [-0.39, 0.29) is 22.0 Å². The van der Waals surface area contributed by atoms with Gasteiger partial charge in [-0.05, 0) is 48.5 Å². The molecule has 4 nitrogen and oxygen atoms in total. The zero-order valence-corrected chi connectivity index (χ0v) is 17.7. The molecule has 0 saturated heterocycles. The third-order valence-electron chi connectivity index (χ3n) is 4.15. The van der Waals surface area contributed by atoms with Gasteiger partial charge in [-0.3, -0.25) is 9.59 Å². The van der Waals surface area contributed by atoms with Crippen LogP contribution in [0.3, 0.4) is 0 Å². The summed E-state index contributed by atoms with van der Waals surface area (Å²) in [6, 6.07) is 14.7. The smallest absolute Gasteiger partial charge is 0.324 e. The third kappa shape index (κ3) is 6.24. The molecule has 0 atom stereocenters. The van der Waals surface area contributed by atoms with Gasteiger partial charge in [-0.15, -0.1) is 11.8 Å². The van der Waals surface area contributed by atoms with Crippen LogP contribution < -0.4 is 10.6 Å². The van der Waals surface area contributed by atoms with Gasteiger partial charge >= 0.3 is 6.18 Å². The molecule has 0 fully saturated rings. The van der Waals surface area contributed by atoms with Crippen molar-refractivity contribution in [2.45, 2.75) is 11.1 Å². The molecule has 0 bridgehead atoms. The summed E-state index contributed by atoms with van der Waals surface area (Å²) in [5.41, 5.74) is -0.784. The summed E-state index contributed by atoms with van der Waals surface area (Å²) < 4.78 is 52.3. The summed E-state index contributed by atoms with van der Waals surface area (Å²) in [6.45, 7) is 0. The number of hydrogen-bond acceptors (Lipinski definition) is 3. The Labute approximate surface area is 190 Å². The van der Waals surface area contributed by atoms with Crippen molar-refractivity contribution in [3.05, 3.63) is 88.7 Å². The molecule has 0 aromatic heterocycles. The van der Waals surface area contributed by atoms with Crippen LogP contribution in [-0.2, 0) is 11.0 Å². The highest BCUT2D eigenvalue weighted by Gasteiger charge is 2.31. The second-order valence-electron chi connectivity index (χ2n) is 6.49. The molecular weight excluding hydrogens is 468 g/mol. The van der Waals surface area contributed by atoms with Crippen molar-refractivity contribution >= 4 is 46.6 Å². The van der Waals surface area contributed by atoms with Crippen molar-refractivity contribution in [2.24, 2.45) is 0 Å². The first-order valence-electron chi connectivity index (χ1n) is 9.09. The Bertz CT molecular complexity index is 1150. The maximum absolute atomic E-state index is 13.7. The van der Waals surface area contributed by atoms with Crippen molar-refractivity contribution in [2.75, 3.05) is 16.4 Å². The van der Waals surface area contributed by atoms with Crippen LogP contribution in [0.2, 0.25) is 5.02 Å². The predicted molar refractivity (Wildman–Crippen MR) is 117 cm³/mol. The van der Waals surface area contributed by atoms with Gasteiger partial charge in [0.15, 0.2) is 0 Å². The number of halogens is 5. The SMILES string of the molecule is O=C(CSc1cccc(NC(=O)c2ccccc2F)c1)Nc1cc(C(F)(F)F)ccc1Cl. The maximum atomic E-state index is 13.7. The van der Waals surface area contributed by atoms with Crippen molar-refractivity contribution in [1.82, 2.24) is 0 Å². The molecule has 3 aromatic carbocycles. The number of carbonyl (C=O) groups is 2. The number of amides is 2. The van der Waals surface area contributed by atoms with Gasteiger partial charge < -0.3 is 10.6 Å². The Morgan fingerprint density at radius 3 is 2.41 bits per heavy atom. The van der Waals surface area contributed by atoms with Crippen LogP contribution in [0.4, 0.5) is 28.9 Å². The summed E-state index contributed by atoms with van der Waals surface area (Å²) in [5.74, 6) is -1.95. The number of anilines is 2. The van der Waals surface area contributed by atoms with Crippen LogP contribution in [0, 0.1) is 5.82 Å². The van der Waals surface area contributed by atoms with Crippen LogP contribution in [0.1, 0.15) is 15.9 Å². The Morgan fingerprint density at radius 2 is 1.69 bits per heavy atom. The van der Waals surface area contributed by atoms with E-state index in [0.29, 0.717) is 10.6 Å². The fraction of sp³-hybridized carbons (Fsp3) is 0.0909. The van der Waals surface area contributed by atoms with Crippen molar-refractivity contribution in [3.63, 3.8) is 0 Å². The van der Waals surface area contributed by atoms with Crippen molar-refractivity contribution < 1.29 is 27.2 Å². The van der Waals surface area contributed by atoms with Gasteiger partial charge in [0.05, 0.1) is 27.6 Å². The van der Waals surface area contributed by atoms with E-state index in [9.17, 15) is 27.2 Å². The summed E-state index contributed by atoms with van der Waals surface area (Å²) in [4.78, 5) is 25.0. The molecule has 2 amide bonds. The zero-order chi connectivity index (χ0) is 23.3. The van der Waals surface area contributed by atoms with E-state index in [0.717, 1.165) is 30.0 Å². The molecule has 32 heavy (non-hydrogen) atoms. The first-order valence-corrected chi connectivity index (χ1v) is 10.4. The Kier molecular flexibility index (Phi) is 7.42. The van der Waals surface area contributed by atoms with Crippen molar-refractivity contribution in [3.8, 4) is 0 Å². The van der Waals surface area contributed by atoms with Gasteiger partial charge in [0.25, 0.3) is 5.91 Å². The zero-order valence-electron chi connectivity index (χ0n) is 16.2. The largest absolute Gasteiger partial charge is 0.416 e. The lowest BCUT2D eigenvalue weighted by molar-refractivity contribution is -0.137. The number of thioether (sulfide) groups is 1. The molecule has 3 aromatic rings. The van der Waals surface area contributed by atoms with Crippen molar-refractivity contribution in [1.29, 1.82) is 0 Å². The maximum Gasteiger partial charge on any atom is 0.416 e. The van der Waals surface area contributed by atoms with E-state index < -0.39 is 29.4 Å². The molecule has 0 aliphatic heterocycles. The van der Waals surface area contributed by atoms with Crippen LogP contribution >= 0.6 is 23.4 Å². The van der Waals surface area contributed by atoms with Gasteiger partial charge in [-0.25, -0.2) is 4.39 Å². The number of carbonyl (C=O) groups excluding carboxylic acids is 2. The number of alkyl halides is 3. The van der Waals surface area contributed by atoms with Gasteiger partial charge in [-0.2, -0.15) is 13.2 Å². The molecule has 166 valence electrons. The lowest BCUT2D eigenvalue weighted by atomic mass is 10.2. The average molecular weight is 483 g/mol. The summed E-state index contributed by atoms with van der Waals surface area (Å²) in [7, 11) is 0. The second-order valence-corrected chi connectivity index (χ2v) is 7.95. The van der Waals surface area contributed by atoms with E-state index >= 15 is 0 Å². The highest BCUT2D eigenvalue weighted by molar-refractivity contribution is 8.00. The van der Waals surface area contributed by atoms with E-state index in [4.69, 9.17) is 11.6 Å². The lowest BCUT2D eigenvalue weighted by Gasteiger charge is -2.12. The standard InChI is InChI=1S/C22H15ClF4N2O2S/c23-17-9-8-13(22(25,26)27)10-19(17)29-20(30)12-32-15-5-3-4-14(11-15)28-21(31)16-6-1-2-7-18(16)24/h1-11H,12H2,(H,28,31)(H,29,30). The first-order chi connectivity index (χ1) is 15.1. The Balaban J connectivity index is 1.61. The molecule has 0 aliphatic rings. The highest BCUT2D eigenvalue weighted by Crippen LogP contribution is 2.34. The summed E-state index contributed by atoms with van der Waals surface area (Å²) in [5, 5.41) is 4.92. The van der Waals surface area contributed by atoms with Gasteiger partial charge in [0.2, 0.25) is 5.91 Å². The van der Waals surface area contributed by atoms with Crippen LogP contribution in [0.5, 0.6) is 0 Å². The molecule has 10 heteroatoms. The normalized spacial score (nSPS) is 11.2. The number of rotatable bonds is 6. The molecule has 0 aliphatic carbocycles. The summed E-state index contributed by atoms with van der Waals surface area (Å²) in [6.07, 6.45) is -4.56. The fourth-order valence-electron chi connectivity index (χ4n) is 2.64. The molecular formula is C22H15ClF4N2O2S. The van der Waals surface area contributed by atoms with Gasteiger partial charge in [0, 0.05) is 10.6 Å². The molecule has 0 radical (unpaired) electrons. The van der Waals surface area contributed by atoms with E-state index in [1.165, 1.54) is 18.2 Å². The number of nitrogens with one attached hydrogen (secondary N) is 2. The van der Waals surface area contributed by atoms with E-state index in [1.807, 2.05) is 0 Å². The second kappa shape index (κ2) is 10.1. The minimum Gasteiger partial charge on any atom is -0.324 e. The molecule has 2 N–H and O–H groups in total. The fourth-order valence-corrected chi connectivity index (χ4v) is 3.56. The molecule has 0 saturated carbocycles. The topological polar surface area (TPSA) is 58.2 Å². The highest BCUT2D eigenvalue weighted by atomic mass is 35.5. The van der Waals surface area contributed by atoms with E-state index in [2.05, 4.69) is 10.6 Å². The molecule has 3 rings (SSSR count). The van der Waals surface area contributed by atoms with E-state index in [1.54, 1.807) is 30.3 Å². The molecule has 0 heterocycles. The predicted octanol–water partition coefficient (Wildman–Crippen LogP) is 6.48. The van der Waals surface area contributed by atoms with Crippen LogP contribution in [-0.4, -0.2) is 17.6 Å². The Morgan fingerprint density at radius 1 is 0.938 bits per heavy atom. The third-order valence-corrected chi connectivity index (χ3v) is 5.47. The number of hydrogen-bond donors (Lipinski definition) is 2. The molecule has 0 spiro atoms. The van der Waals surface area contributed by atoms with Gasteiger partial charge in [0.1, 0.15) is 5.82 Å². The molecule has 0 unspecified atom stereocenters. The quantitative estimate of drug-likeness (QED) is 0.312. The lowest BCUT2D eigenvalue weighted by Crippen LogP contribution is -2.15. The first kappa shape index (κ1) is 23.6.